The summed E-state index contributed by atoms with van der Waals surface area (Å²) in [6.45, 7) is 8.38. The SMILES string of the molecule is O=C(c1csc(-c2cccs2)n1)N1CCN(CCN2CCCC2)CC1. The second-order valence-electron chi connectivity index (χ2n) is 6.70. The Hall–Kier alpha value is -1.28. The van der Waals surface area contributed by atoms with Gasteiger partial charge >= 0.3 is 0 Å². The van der Waals surface area contributed by atoms with Crippen LogP contribution in [0.3, 0.4) is 0 Å². The lowest BCUT2D eigenvalue weighted by molar-refractivity contribution is 0.0622. The Morgan fingerprint density at radius 3 is 2.40 bits per heavy atom. The Bertz CT molecular complexity index is 686. The number of hydrogen-bond acceptors (Lipinski definition) is 6. The van der Waals surface area contributed by atoms with Crippen LogP contribution in [0.15, 0.2) is 22.9 Å². The molecule has 0 saturated carbocycles. The molecule has 0 unspecified atom stereocenters. The Labute approximate surface area is 156 Å². The normalized spacial score (nSPS) is 19.6. The van der Waals surface area contributed by atoms with E-state index in [4.69, 9.17) is 0 Å². The summed E-state index contributed by atoms with van der Waals surface area (Å²) in [4.78, 5) is 25.4. The van der Waals surface area contributed by atoms with Gasteiger partial charge in [-0.05, 0) is 37.4 Å². The van der Waals surface area contributed by atoms with Crippen molar-refractivity contribution in [3.8, 4) is 9.88 Å². The van der Waals surface area contributed by atoms with Crippen LogP contribution in [0.5, 0.6) is 0 Å². The molecule has 0 bridgehead atoms. The van der Waals surface area contributed by atoms with Crippen LogP contribution in [0.1, 0.15) is 23.3 Å². The minimum absolute atomic E-state index is 0.0817. The first-order valence-electron chi connectivity index (χ1n) is 9.03. The molecule has 0 radical (unpaired) electrons. The minimum atomic E-state index is 0.0817. The van der Waals surface area contributed by atoms with Crippen molar-refractivity contribution in [1.29, 1.82) is 0 Å². The molecule has 4 rings (SSSR count). The van der Waals surface area contributed by atoms with E-state index in [9.17, 15) is 4.79 Å². The predicted molar refractivity (Wildman–Crippen MR) is 103 cm³/mol. The van der Waals surface area contributed by atoms with Gasteiger partial charge in [0.15, 0.2) is 0 Å². The molecule has 2 aliphatic rings. The third kappa shape index (κ3) is 4.11. The van der Waals surface area contributed by atoms with Crippen LogP contribution in [0.25, 0.3) is 9.88 Å². The van der Waals surface area contributed by atoms with Gasteiger partial charge in [-0.15, -0.1) is 22.7 Å². The average Bonchev–Trinajstić information content (AvgIpc) is 3.42. The molecule has 5 nitrogen and oxygen atoms in total. The molecule has 2 aromatic heterocycles. The maximum atomic E-state index is 12.7. The van der Waals surface area contributed by atoms with E-state index in [1.807, 2.05) is 21.7 Å². The summed E-state index contributed by atoms with van der Waals surface area (Å²) in [5, 5.41) is 4.89. The van der Waals surface area contributed by atoms with Gasteiger partial charge in [0.1, 0.15) is 10.7 Å². The molecule has 2 aromatic rings. The highest BCUT2D eigenvalue weighted by Crippen LogP contribution is 2.28. The molecular formula is C18H24N4OS2. The number of carbonyl (C=O) groups is 1. The van der Waals surface area contributed by atoms with E-state index in [2.05, 4.69) is 20.9 Å². The van der Waals surface area contributed by atoms with Gasteiger partial charge in [-0.25, -0.2) is 4.98 Å². The van der Waals surface area contributed by atoms with Gasteiger partial charge in [-0.1, -0.05) is 6.07 Å². The van der Waals surface area contributed by atoms with Crippen LogP contribution >= 0.6 is 22.7 Å². The Balaban J connectivity index is 1.28. The summed E-state index contributed by atoms with van der Waals surface area (Å²) in [7, 11) is 0. The molecule has 2 fully saturated rings. The predicted octanol–water partition coefficient (Wildman–Crippen LogP) is 2.73. The van der Waals surface area contributed by atoms with Crippen LogP contribution in [-0.4, -0.2) is 77.9 Å². The van der Waals surface area contributed by atoms with Crippen LogP contribution in [0, 0.1) is 0 Å². The lowest BCUT2D eigenvalue weighted by atomic mass is 10.3. The molecule has 0 atom stereocenters. The monoisotopic (exact) mass is 376 g/mol. The highest BCUT2D eigenvalue weighted by atomic mass is 32.1. The smallest absolute Gasteiger partial charge is 0.273 e. The van der Waals surface area contributed by atoms with Crippen LogP contribution in [0.4, 0.5) is 0 Å². The van der Waals surface area contributed by atoms with Crippen molar-refractivity contribution in [2.75, 3.05) is 52.4 Å². The number of likely N-dealkylation sites (tertiary alicyclic amines) is 1. The quantitative estimate of drug-likeness (QED) is 0.804. The highest BCUT2D eigenvalue weighted by Gasteiger charge is 2.24. The summed E-state index contributed by atoms with van der Waals surface area (Å²) in [5.41, 5.74) is 0.596. The second-order valence-corrected chi connectivity index (χ2v) is 8.50. The minimum Gasteiger partial charge on any atom is -0.335 e. The summed E-state index contributed by atoms with van der Waals surface area (Å²) in [5.74, 6) is 0.0817. The molecule has 2 aliphatic heterocycles. The Morgan fingerprint density at radius 2 is 1.72 bits per heavy atom. The van der Waals surface area contributed by atoms with Gasteiger partial charge in [-0.2, -0.15) is 0 Å². The first kappa shape index (κ1) is 17.1. The topological polar surface area (TPSA) is 39.7 Å². The van der Waals surface area contributed by atoms with E-state index < -0.39 is 0 Å². The number of nitrogens with zero attached hydrogens (tertiary/aromatic N) is 4. The lowest BCUT2D eigenvalue weighted by Crippen LogP contribution is -2.50. The van der Waals surface area contributed by atoms with E-state index in [-0.39, 0.29) is 5.91 Å². The van der Waals surface area contributed by atoms with E-state index in [1.165, 1.54) is 32.5 Å². The van der Waals surface area contributed by atoms with E-state index in [0.717, 1.165) is 42.6 Å². The number of thiazole rings is 1. The fraction of sp³-hybridized carbons (Fsp3) is 0.556. The van der Waals surface area contributed by atoms with Crippen molar-refractivity contribution in [1.82, 2.24) is 19.7 Å². The first-order valence-corrected chi connectivity index (χ1v) is 10.8. The third-order valence-corrected chi connectivity index (χ3v) is 6.93. The molecular weight excluding hydrogens is 352 g/mol. The van der Waals surface area contributed by atoms with Crippen molar-refractivity contribution in [2.45, 2.75) is 12.8 Å². The van der Waals surface area contributed by atoms with Gasteiger partial charge in [0, 0.05) is 44.6 Å². The first-order chi connectivity index (χ1) is 12.3. The molecule has 25 heavy (non-hydrogen) atoms. The Kier molecular flexibility index (Phi) is 5.45. The molecule has 2 saturated heterocycles. The molecule has 0 aliphatic carbocycles. The van der Waals surface area contributed by atoms with Crippen molar-refractivity contribution in [3.05, 3.63) is 28.6 Å². The van der Waals surface area contributed by atoms with E-state index in [0.29, 0.717) is 5.69 Å². The van der Waals surface area contributed by atoms with Crippen molar-refractivity contribution in [3.63, 3.8) is 0 Å². The molecule has 0 N–H and O–H groups in total. The third-order valence-electron chi connectivity index (χ3n) is 5.05. The number of amides is 1. The zero-order valence-corrected chi connectivity index (χ0v) is 16.0. The van der Waals surface area contributed by atoms with Crippen LogP contribution in [-0.2, 0) is 0 Å². The van der Waals surface area contributed by atoms with Crippen molar-refractivity contribution in [2.24, 2.45) is 0 Å². The molecule has 7 heteroatoms. The summed E-state index contributed by atoms with van der Waals surface area (Å²) in [6.07, 6.45) is 2.70. The number of aromatic nitrogens is 1. The largest absolute Gasteiger partial charge is 0.335 e. The Morgan fingerprint density at radius 1 is 1.00 bits per heavy atom. The number of carbonyl (C=O) groups excluding carboxylic acids is 1. The average molecular weight is 377 g/mol. The van der Waals surface area contributed by atoms with Crippen LogP contribution in [0.2, 0.25) is 0 Å². The summed E-state index contributed by atoms with van der Waals surface area (Å²) >= 11 is 3.22. The zero-order chi connectivity index (χ0) is 17.1. The number of piperazine rings is 1. The van der Waals surface area contributed by atoms with Gasteiger partial charge in [0.25, 0.3) is 5.91 Å². The number of rotatable bonds is 5. The number of hydrogen-bond donors (Lipinski definition) is 0. The van der Waals surface area contributed by atoms with Crippen LogP contribution < -0.4 is 0 Å². The highest BCUT2D eigenvalue weighted by molar-refractivity contribution is 7.20. The summed E-state index contributed by atoms with van der Waals surface area (Å²) < 4.78 is 0. The molecule has 134 valence electrons. The molecule has 0 spiro atoms. The maximum absolute atomic E-state index is 12.7. The molecule has 1 amide bonds. The van der Waals surface area contributed by atoms with E-state index in [1.54, 1.807) is 22.7 Å². The fourth-order valence-corrected chi connectivity index (χ4v) is 5.12. The zero-order valence-electron chi connectivity index (χ0n) is 14.4. The standard InChI is InChI=1S/C18H24N4OS2/c23-18(15-14-25-17(19-15)16-4-3-13-24-16)22-11-9-21(10-12-22)8-7-20-5-1-2-6-20/h3-4,13-14H,1-2,5-12H2. The number of thiophene rings is 1. The second kappa shape index (κ2) is 7.95. The van der Waals surface area contributed by atoms with Gasteiger partial charge < -0.3 is 9.80 Å². The van der Waals surface area contributed by atoms with Gasteiger partial charge in [0.2, 0.25) is 0 Å². The molecule has 0 aromatic carbocycles. The van der Waals surface area contributed by atoms with Crippen molar-refractivity contribution >= 4 is 28.6 Å². The van der Waals surface area contributed by atoms with Gasteiger partial charge in [0.05, 0.1) is 4.88 Å². The lowest BCUT2D eigenvalue weighted by Gasteiger charge is -2.35. The summed E-state index contributed by atoms with van der Waals surface area (Å²) in [6, 6.07) is 4.07. The van der Waals surface area contributed by atoms with E-state index >= 15 is 0 Å². The van der Waals surface area contributed by atoms with Crippen molar-refractivity contribution < 1.29 is 4.79 Å². The fourth-order valence-electron chi connectivity index (χ4n) is 3.51. The molecule has 4 heterocycles. The van der Waals surface area contributed by atoms with Gasteiger partial charge in [-0.3, -0.25) is 9.69 Å². The maximum Gasteiger partial charge on any atom is 0.273 e.